The van der Waals surface area contributed by atoms with Gasteiger partial charge < -0.3 is 34.3 Å². The van der Waals surface area contributed by atoms with Crippen molar-refractivity contribution in [1.29, 1.82) is 0 Å². The van der Waals surface area contributed by atoms with Crippen LogP contribution in [0.5, 0.6) is 0 Å². The minimum absolute atomic E-state index is 0.114. The molecule has 3 heterocycles. The van der Waals surface area contributed by atoms with Gasteiger partial charge in [0, 0.05) is 32.7 Å². The number of aliphatic hydroxyl groups excluding tert-OH is 1. The molecule has 4 atom stereocenters. The third-order valence-electron chi connectivity index (χ3n) is 6.37. The van der Waals surface area contributed by atoms with Crippen LogP contribution in [-0.2, 0) is 23.7 Å². The van der Waals surface area contributed by atoms with Crippen LogP contribution in [0.1, 0.15) is 33.6 Å². The quantitative estimate of drug-likeness (QED) is 0.615. The highest BCUT2D eigenvalue weighted by Crippen LogP contribution is 2.43. The largest absolute Gasteiger partial charge is 0.387 e. The number of hydrogen-bond acceptors (Lipinski definition) is 8. The van der Waals surface area contributed by atoms with Crippen LogP contribution in [0.15, 0.2) is 0 Å². The molecule has 3 aliphatic rings. The van der Waals surface area contributed by atoms with Gasteiger partial charge in [0.25, 0.3) is 0 Å². The van der Waals surface area contributed by atoms with Crippen molar-refractivity contribution >= 4 is 5.91 Å². The van der Waals surface area contributed by atoms with E-state index in [-0.39, 0.29) is 24.7 Å². The summed E-state index contributed by atoms with van der Waals surface area (Å²) in [6.45, 7) is 8.24. The van der Waals surface area contributed by atoms with Crippen LogP contribution in [0, 0.1) is 0 Å². The van der Waals surface area contributed by atoms with Crippen molar-refractivity contribution in [2.24, 2.45) is 0 Å². The first kappa shape index (κ1) is 22.9. The van der Waals surface area contributed by atoms with Gasteiger partial charge in [-0.25, -0.2) is 0 Å². The van der Waals surface area contributed by atoms with E-state index in [0.29, 0.717) is 6.54 Å². The fraction of sp³-hybridized carbons (Fsp3) is 0.950. The molecule has 168 valence electrons. The minimum atomic E-state index is -1.05. The van der Waals surface area contributed by atoms with Crippen molar-refractivity contribution in [2.45, 2.75) is 69.0 Å². The highest BCUT2D eigenvalue weighted by Gasteiger charge is 2.62. The van der Waals surface area contributed by atoms with Gasteiger partial charge >= 0.3 is 0 Å². The predicted molar refractivity (Wildman–Crippen MR) is 106 cm³/mol. The number of amides is 1. The molecule has 0 saturated carbocycles. The van der Waals surface area contributed by atoms with Crippen molar-refractivity contribution in [3.8, 4) is 0 Å². The molecule has 0 radical (unpaired) electrons. The Balaban J connectivity index is 1.67. The Bertz CT molecular complexity index is 593. The molecule has 3 fully saturated rings. The van der Waals surface area contributed by atoms with Crippen LogP contribution in [0.2, 0.25) is 0 Å². The van der Waals surface area contributed by atoms with Gasteiger partial charge in [0.15, 0.2) is 5.79 Å². The Morgan fingerprint density at radius 1 is 1.28 bits per heavy atom. The number of likely N-dealkylation sites (tertiary alicyclic amines) is 1. The summed E-state index contributed by atoms with van der Waals surface area (Å²) in [6.07, 6.45) is -0.246. The maximum Gasteiger partial charge on any atom is 0.248 e. The third kappa shape index (κ3) is 4.92. The lowest BCUT2D eigenvalue weighted by molar-refractivity contribution is -0.301. The molecule has 3 aliphatic heterocycles. The average Bonchev–Trinajstić information content (AvgIpc) is 2.94. The molecular formula is C20H37N3O6. The molecule has 0 aromatic rings. The van der Waals surface area contributed by atoms with Crippen molar-refractivity contribution in [2.75, 3.05) is 54.0 Å². The first-order valence-electron chi connectivity index (χ1n) is 10.4. The van der Waals surface area contributed by atoms with E-state index in [1.165, 1.54) is 4.90 Å². The molecule has 29 heavy (non-hydrogen) atoms. The number of carbonyl (C=O) groups excluding carboxylic acids is 1. The molecule has 9 heteroatoms. The number of fused-ring (bicyclic) bond motifs is 1. The van der Waals surface area contributed by atoms with E-state index in [9.17, 15) is 9.90 Å². The van der Waals surface area contributed by atoms with Crippen LogP contribution in [0.25, 0.3) is 0 Å². The van der Waals surface area contributed by atoms with E-state index in [4.69, 9.17) is 18.9 Å². The van der Waals surface area contributed by atoms with E-state index < -0.39 is 29.9 Å². The highest BCUT2D eigenvalue weighted by molar-refractivity contribution is 5.76. The number of aliphatic hydroxyl groups is 1. The van der Waals surface area contributed by atoms with E-state index >= 15 is 0 Å². The summed E-state index contributed by atoms with van der Waals surface area (Å²) >= 11 is 0. The molecule has 3 rings (SSSR count). The molecule has 2 N–H and O–H groups in total. The standard InChI is InChI=1S/C20H37N3O6/c1-18(2)28-17-16(25)14(26-12-15(24)22(5)6)11-27-20(17,29-18)13-23-9-7-19(3,21-4)8-10-23/h14,16-17,21,25H,7-13H2,1-6H3/t14-,16-,17+,20+/m1/s1. The molecule has 0 aromatic heterocycles. The molecule has 0 spiro atoms. The molecule has 9 nitrogen and oxygen atoms in total. The zero-order valence-corrected chi connectivity index (χ0v) is 18.6. The summed E-state index contributed by atoms with van der Waals surface area (Å²) in [5, 5.41) is 14.4. The maximum atomic E-state index is 11.8. The van der Waals surface area contributed by atoms with Crippen molar-refractivity contribution in [1.82, 2.24) is 15.1 Å². The first-order valence-corrected chi connectivity index (χ1v) is 10.4. The summed E-state index contributed by atoms with van der Waals surface area (Å²) in [7, 11) is 5.33. The normalized spacial score (nSPS) is 36.6. The Morgan fingerprint density at radius 2 is 1.93 bits per heavy atom. The molecule has 0 aliphatic carbocycles. The van der Waals surface area contributed by atoms with Gasteiger partial charge in [-0.15, -0.1) is 0 Å². The Kier molecular flexibility index (Phi) is 6.60. The Hall–Kier alpha value is -0.810. The second-order valence-corrected chi connectivity index (χ2v) is 9.38. The SMILES string of the molecule is CNC1(C)CCN(C[C@@]23OC[C@@H](OCC(=O)N(C)C)[C@@H](O)[C@@H]2OC(C)(C)O3)CC1. The predicted octanol–water partition coefficient (Wildman–Crippen LogP) is -0.227. The highest BCUT2D eigenvalue weighted by atomic mass is 16.8. The number of rotatable bonds is 6. The van der Waals surface area contributed by atoms with Gasteiger partial charge in [0.05, 0.1) is 13.2 Å². The molecule has 0 unspecified atom stereocenters. The summed E-state index contributed by atoms with van der Waals surface area (Å²) in [5.41, 5.74) is 0.144. The lowest BCUT2D eigenvalue weighted by atomic mass is 9.89. The molecule has 1 amide bonds. The lowest BCUT2D eigenvalue weighted by Crippen LogP contribution is -2.65. The first-order chi connectivity index (χ1) is 13.5. The summed E-state index contributed by atoms with van der Waals surface area (Å²) in [5.74, 6) is -2.10. The Labute approximate surface area is 173 Å². The smallest absolute Gasteiger partial charge is 0.248 e. The number of piperidine rings is 1. The summed E-state index contributed by atoms with van der Waals surface area (Å²) in [4.78, 5) is 15.6. The average molecular weight is 416 g/mol. The van der Waals surface area contributed by atoms with Gasteiger partial charge in [-0.05, 0) is 40.7 Å². The zero-order valence-electron chi connectivity index (χ0n) is 18.6. The van der Waals surface area contributed by atoms with Crippen molar-refractivity contribution in [3.63, 3.8) is 0 Å². The van der Waals surface area contributed by atoms with Crippen LogP contribution in [0.3, 0.4) is 0 Å². The van der Waals surface area contributed by atoms with Crippen molar-refractivity contribution < 1.29 is 28.8 Å². The molecular weight excluding hydrogens is 378 g/mol. The number of ether oxygens (including phenoxy) is 4. The van der Waals surface area contributed by atoms with Crippen LogP contribution >= 0.6 is 0 Å². The number of likely N-dealkylation sites (N-methyl/N-ethyl adjacent to an activating group) is 1. The van der Waals surface area contributed by atoms with Gasteiger partial charge in [0.1, 0.15) is 24.9 Å². The van der Waals surface area contributed by atoms with Crippen LogP contribution in [-0.4, -0.2) is 110 Å². The number of hydrogen-bond donors (Lipinski definition) is 2. The maximum absolute atomic E-state index is 11.8. The van der Waals surface area contributed by atoms with Gasteiger partial charge in [0.2, 0.25) is 11.7 Å². The van der Waals surface area contributed by atoms with Gasteiger partial charge in [-0.3, -0.25) is 9.69 Å². The monoisotopic (exact) mass is 415 g/mol. The van der Waals surface area contributed by atoms with E-state index in [0.717, 1.165) is 25.9 Å². The summed E-state index contributed by atoms with van der Waals surface area (Å²) in [6, 6.07) is 0. The topological polar surface area (TPSA) is 92.7 Å². The number of carbonyl (C=O) groups is 1. The molecule has 0 aromatic carbocycles. The van der Waals surface area contributed by atoms with Crippen molar-refractivity contribution in [3.05, 3.63) is 0 Å². The van der Waals surface area contributed by atoms with E-state index in [1.807, 2.05) is 20.9 Å². The fourth-order valence-corrected chi connectivity index (χ4v) is 4.24. The van der Waals surface area contributed by atoms with Crippen LogP contribution < -0.4 is 5.32 Å². The Morgan fingerprint density at radius 3 is 2.52 bits per heavy atom. The lowest BCUT2D eigenvalue weighted by Gasteiger charge is -2.46. The number of nitrogens with one attached hydrogen (secondary N) is 1. The fourth-order valence-electron chi connectivity index (χ4n) is 4.24. The van der Waals surface area contributed by atoms with E-state index in [2.05, 4.69) is 17.1 Å². The molecule has 0 bridgehead atoms. The third-order valence-corrected chi connectivity index (χ3v) is 6.37. The summed E-state index contributed by atoms with van der Waals surface area (Å²) < 4.78 is 24.1. The number of nitrogens with zero attached hydrogens (tertiary/aromatic N) is 2. The van der Waals surface area contributed by atoms with E-state index in [1.54, 1.807) is 14.1 Å². The van der Waals surface area contributed by atoms with Crippen LogP contribution in [0.4, 0.5) is 0 Å². The second kappa shape index (κ2) is 8.37. The molecule has 3 saturated heterocycles. The van der Waals surface area contributed by atoms with Gasteiger partial charge in [-0.1, -0.05) is 0 Å². The van der Waals surface area contributed by atoms with Gasteiger partial charge in [-0.2, -0.15) is 0 Å². The minimum Gasteiger partial charge on any atom is -0.387 e. The zero-order chi connectivity index (χ0) is 21.4. The second-order valence-electron chi connectivity index (χ2n) is 9.38.